The van der Waals surface area contributed by atoms with E-state index in [2.05, 4.69) is 25.9 Å². The number of hydrogen-bond acceptors (Lipinski definition) is 4. The fourth-order valence-electron chi connectivity index (χ4n) is 2.50. The number of benzene rings is 1. The molecule has 0 saturated carbocycles. The molecule has 0 spiro atoms. The van der Waals surface area contributed by atoms with Crippen LogP contribution in [0.2, 0.25) is 5.02 Å². The van der Waals surface area contributed by atoms with Gasteiger partial charge in [0.1, 0.15) is 11.4 Å². The van der Waals surface area contributed by atoms with Crippen LogP contribution in [0.15, 0.2) is 30.6 Å². The molecular weight excluding hydrogens is 408 g/mol. The average Bonchev–Trinajstić information content (AvgIpc) is 3.04. The average molecular weight is 424 g/mol. The third-order valence-electron chi connectivity index (χ3n) is 3.74. The van der Waals surface area contributed by atoms with Crippen molar-refractivity contribution in [1.29, 1.82) is 0 Å². The van der Waals surface area contributed by atoms with Crippen LogP contribution in [0.5, 0.6) is 11.5 Å². The molecule has 0 aliphatic heterocycles. The van der Waals surface area contributed by atoms with Gasteiger partial charge >= 0.3 is 6.03 Å². The molecule has 8 nitrogen and oxygen atoms in total. The summed E-state index contributed by atoms with van der Waals surface area (Å²) in [5.74, 6) is -2.80. The highest BCUT2D eigenvalue weighted by Gasteiger charge is 2.18. The van der Waals surface area contributed by atoms with Crippen molar-refractivity contribution in [3.05, 3.63) is 47.2 Å². The predicted octanol–water partition coefficient (Wildman–Crippen LogP) is 3.54. The van der Waals surface area contributed by atoms with E-state index in [-0.39, 0.29) is 35.5 Å². The molecule has 1 aromatic carbocycles. The minimum absolute atomic E-state index is 0.107. The lowest BCUT2D eigenvalue weighted by atomic mass is 10.2. The molecule has 152 valence electrons. The number of rotatable bonds is 6. The standard InChI is InChI=1S/C18H16ClF2N5O3/c1-9(27)22-4-5-24-18(28)26-10-6-12(20)16(13(21)7-10)29-14-2-3-23-17-15(14)11(19)8-25-17/h2-3,6-8H,4-5H2,1H3,(H,22,27)(H,23,25)(H2,24,26,28). The van der Waals surface area contributed by atoms with E-state index < -0.39 is 23.4 Å². The molecule has 0 unspecified atom stereocenters. The first-order valence-corrected chi connectivity index (χ1v) is 8.80. The van der Waals surface area contributed by atoms with Gasteiger partial charge in [0.15, 0.2) is 17.4 Å². The largest absolute Gasteiger partial charge is 0.450 e. The van der Waals surface area contributed by atoms with Crippen LogP contribution in [-0.4, -0.2) is 35.0 Å². The highest BCUT2D eigenvalue weighted by Crippen LogP contribution is 2.36. The van der Waals surface area contributed by atoms with E-state index in [1.54, 1.807) is 0 Å². The molecule has 4 N–H and O–H groups in total. The van der Waals surface area contributed by atoms with Gasteiger partial charge in [-0.1, -0.05) is 11.6 Å². The molecule has 0 bridgehead atoms. The van der Waals surface area contributed by atoms with Gasteiger partial charge in [-0.05, 0) is 6.07 Å². The van der Waals surface area contributed by atoms with Gasteiger partial charge in [-0.25, -0.2) is 18.6 Å². The van der Waals surface area contributed by atoms with Crippen molar-refractivity contribution < 1.29 is 23.1 Å². The number of hydrogen-bond donors (Lipinski definition) is 4. The van der Waals surface area contributed by atoms with E-state index in [4.69, 9.17) is 16.3 Å². The third-order valence-corrected chi connectivity index (χ3v) is 4.04. The summed E-state index contributed by atoms with van der Waals surface area (Å²) in [7, 11) is 0. The second kappa shape index (κ2) is 8.74. The molecule has 0 radical (unpaired) electrons. The van der Waals surface area contributed by atoms with Gasteiger partial charge in [0.25, 0.3) is 0 Å². The van der Waals surface area contributed by atoms with Crippen LogP contribution in [0.4, 0.5) is 19.3 Å². The Morgan fingerprint density at radius 2 is 1.90 bits per heavy atom. The molecular formula is C18H16ClF2N5O3. The number of fused-ring (bicyclic) bond motifs is 1. The number of halogens is 3. The first kappa shape index (κ1) is 20.3. The van der Waals surface area contributed by atoms with Crippen molar-refractivity contribution in [1.82, 2.24) is 20.6 Å². The van der Waals surface area contributed by atoms with Gasteiger partial charge in [0.05, 0.1) is 10.4 Å². The summed E-state index contributed by atoms with van der Waals surface area (Å²) < 4.78 is 34.2. The summed E-state index contributed by atoms with van der Waals surface area (Å²) >= 11 is 6.06. The maximum absolute atomic E-state index is 14.4. The number of aromatic nitrogens is 2. The maximum atomic E-state index is 14.4. The van der Waals surface area contributed by atoms with Crippen LogP contribution < -0.4 is 20.7 Å². The summed E-state index contributed by atoms with van der Waals surface area (Å²) in [5, 5.41) is 7.91. The molecule has 0 aliphatic rings. The number of ether oxygens (including phenoxy) is 1. The van der Waals surface area contributed by atoms with Crippen LogP contribution in [0, 0.1) is 11.6 Å². The Labute approximate surface area is 168 Å². The number of amides is 3. The van der Waals surface area contributed by atoms with Gasteiger partial charge < -0.3 is 25.7 Å². The van der Waals surface area contributed by atoms with Gasteiger partial charge in [-0.3, -0.25) is 4.79 Å². The lowest BCUT2D eigenvalue weighted by molar-refractivity contribution is -0.118. The Morgan fingerprint density at radius 3 is 2.59 bits per heavy atom. The minimum Gasteiger partial charge on any atom is -0.450 e. The molecule has 0 atom stereocenters. The fraction of sp³-hybridized carbons (Fsp3) is 0.167. The maximum Gasteiger partial charge on any atom is 0.319 e. The van der Waals surface area contributed by atoms with Crippen LogP contribution in [0.1, 0.15) is 6.92 Å². The molecule has 3 aromatic rings. The minimum atomic E-state index is -1.02. The topological polar surface area (TPSA) is 108 Å². The van der Waals surface area contributed by atoms with Crippen LogP contribution >= 0.6 is 11.6 Å². The summed E-state index contributed by atoms with van der Waals surface area (Å²) in [6.07, 6.45) is 2.89. The highest BCUT2D eigenvalue weighted by molar-refractivity contribution is 6.36. The Kier molecular flexibility index (Phi) is 6.13. The van der Waals surface area contributed by atoms with Crippen molar-refractivity contribution in [3.8, 4) is 11.5 Å². The highest BCUT2D eigenvalue weighted by atomic mass is 35.5. The van der Waals surface area contributed by atoms with Crippen molar-refractivity contribution in [3.63, 3.8) is 0 Å². The summed E-state index contributed by atoms with van der Waals surface area (Å²) in [6.45, 7) is 1.71. The zero-order chi connectivity index (χ0) is 21.0. The first-order chi connectivity index (χ1) is 13.8. The fourth-order valence-corrected chi connectivity index (χ4v) is 2.74. The number of anilines is 1. The molecule has 11 heteroatoms. The number of carbonyl (C=O) groups is 2. The number of nitrogens with one attached hydrogen (secondary N) is 4. The van der Waals surface area contributed by atoms with Gasteiger partial charge in [-0.15, -0.1) is 0 Å². The van der Waals surface area contributed by atoms with Crippen molar-refractivity contribution in [2.24, 2.45) is 0 Å². The van der Waals surface area contributed by atoms with E-state index in [1.165, 1.54) is 25.4 Å². The summed E-state index contributed by atoms with van der Waals surface area (Å²) in [5.41, 5.74) is 0.298. The number of aromatic amines is 1. The van der Waals surface area contributed by atoms with E-state index >= 15 is 0 Å². The zero-order valence-electron chi connectivity index (χ0n) is 15.1. The lowest BCUT2D eigenvalue weighted by Gasteiger charge is -2.12. The smallest absolute Gasteiger partial charge is 0.319 e. The second-order valence-electron chi connectivity index (χ2n) is 5.90. The van der Waals surface area contributed by atoms with E-state index in [0.717, 1.165) is 12.1 Å². The Balaban J connectivity index is 1.71. The zero-order valence-corrected chi connectivity index (χ0v) is 15.9. The summed E-state index contributed by atoms with van der Waals surface area (Å²) in [6, 6.07) is 2.58. The molecule has 3 rings (SSSR count). The van der Waals surface area contributed by atoms with Crippen LogP contribution in [0.25, 0.3) is 11.0 Å². The number of carbonyl (C=O) groups excluding carboxylic acids is 2. The van der Waals surface area contributed by atoms with Gasteiger partial charge in [0.2, 0.25) is 5.91 Å². The SMILES string of the molecule is CC(=O)NCCNC(=O)Nc1cc(F)c(Oc2ccnc3[nH]cc(Cl)c23)c(F)c1. The quantitative estimate of drug-likeness (QED) is 0.455. The molecule has 3 amide bonds. The van der Waals surface area contributed by atoms with Crippen molar-refractivity contribution in [2.75, 3.05) is 18.4 Å². The summed E-state index contributed by atoms with van der Waals surface area (Å²) in [4.78, 5) is 29.4. The Bertz CT molecular complexity index is 1050. The molecule has 2 heterocycles. The number of urea groups is 1. The molecule has 29 heavy (non-hydrogen) atoms. The van der Waals surface area contributed by atoms with Crippen molar-refractivity contribution in [2.45, 2.75) is 6.92 Å². The monoisotopic (exact) mass is 423 g/mol. The number of H-pyrrole nitrogens is 1. The lowest BCUT2D eigenvalue weighted by Crippen LogP contribution is -2.36. The van der Waals surface area contributed by atoms with Crippen LogP contribution in [0.3, 0.4) is 0 Å². The Morgan fingerprint density at radius 1 is 1.21 bits per heavy atom. The molecule has 0 aliphatic carbocycles. The van der Waals surface area contributed by atoms with Crippen molar-refractivity contribution >= 4 is 40.3 Å². The molecule has 0 fully saturated rings. The third kappa shape index (κ3) is 4.91. The first-order valence-electron chi connectivity index (χ1n) is 8.43. The normalized spacial score (nSPS) is 10.6. The number of pyridine rings is 1. The second-order valence-corrected chi connectivity index (χ2v) is 6.31. The number of nitrogens with zero attached hydrogens (tertiary/aromatic N) is 1. The van der Waals surface area contributed by atoms with Crippen LogP contribution in [-0.2, 0) is 4.79 Å². The Hall–Kier alpha value is -3.40. The van der Waals surface area contributed by atoms with Gasteiger partial charge in [0, 0.05) is 50.2 Å². The predicted molar refractivity (Wildman–Crippen MR) is 103 cm³/mol. The van der Waals surface area contributed by atoms with E-state index in [0.29, 0.717) is 11.0 Å². The van der Waals surface area contributed by atoms with E-state index in [9.17, 15) is 18.4 Å². The molecule has 2 aromatic heterocycles. The van der Waals surface area contributed by atoms with Gasteiger partial charge in [-0.2, -0.15) is 0 Å². The van der Waals surface area contributed by atoms with E-state index in [1.807, 2.05) is 0 Å². The molecule has 0 saturated heterocycles.